The molecule has 1 aliphatic rings. The van der Waals surface area contributed by atoms with E-state index in [1.165, 1.54) is 8.42 Å². The van der Waals surface area contributed by atoms with Crippen molar-refractivity contribution in [2.24, 2.45) is 4.99 Å². The molecule has 0 atom stereocenters. The van der Waals surface area contributed by atoms with Crippen molar-refractivity contribution >= 4 is 85.1 Å². The lowest BCUT2D eigenvalue weighted by atomic mass is 10.3. The van der Waals surface area contributed by atoms with Crippen LogP contribution in [0.2, 0.25) is 0 Å². The number of hydrogen-bond acceptors (Lipinski definition) is 6. The number of aliphatic imine (C=N–C) groups is 1. The van der Waals surface area contributed by atoms with Gasteiger partial charge in [0.1, 0.15) is 3.14 Å². The second-order valence-electron chi connectivity index (χ2n) is 3.40. The Morgan fingerprint density at radius 2 is 1.83 bits per heavy atom. The third kappa shape index (κ3) is 3.08. The predicted molar refractivity (Wildman–Crippen MR) is 90.8 cm³/mol. The molecule has 18 heavy (non-hydrogen) atoms. The van der Waals surface area contributed by atoms with Crippen LogP contribution in [0.5, 0.6) is 0 Å². The zero-order chi connectivity index (χ0) is 12.5. The van der Waals surface area contributed by atoms with Crippen LogP contribution in [-0.4, -0.2) is 10.8 Å². The van der Waals surface area contributed by atoms with Gasteiger partial charge in [-0.25, -0.2) is 4.99 Å². The van der Waals surface area contributed by atoms with E-state index in [1.807, 2.05) is 36.0 Å². The minimum Gasteiger partial charge on any atom is -0.245 e. The molecule has 2 heterocycles. The maximum absolute atomic E-state index is 5.23. The standard InChI is InChI=1S/C11H6BrNS5/c12-6-1-3-7(4-2-6)13-8-5-15-9-10(16-8)18-11(14)17-9/h1-4H,5H2. The van der Waals surface area contributed by atoms with Gasteiger partial charge in [0.2, 0.25) is 0 Å². The van der Waals surface area contributed by atoms with Gasteiger partial charge in [-0.2, -0.15) is 0 Å². The van der Waals surface area contributed by atoms with Gasteiger partial charge in [-0.1, -0.05) is 39.9 Å². The van der Waals surface area contributed by atoms with Crippen LogP contribution in [-0.2, 0) is 0 Å². The Morgan fingerprint density at radius 3 is 2.61 bits per heavy atom. The molecular weight excluding hydrogens is 386 g/mol. The van der Waals surface area contributed by atoms with Crippen molar-refractivity contribution in [1.82, 2.24) is 0 Å². The van der Waals surface area contributed by atoms with Crippen LogP contribution in [0, 0.1) is 3.14 Å². The molecule has 0 radical (unpaired) electrons. The average Bonchev–Trinajstić information content (AvgIpc) is 2.71. The normalized spacial score (nSPS) is 16.8. The summed E-state index contributed by atoms with van der Waals surface area (Å²) in [5.41, 5.74) is 1.00. The molecule has 92 valence electrons. The van der Waals surface area contributed by atoms with E-state index in [0.717, 1.165) is 24.1 Å². The van der Waals surface area contributed by atoms with Gasteiger partial charge < -0.3 is 0 Å². The Kier molecular flexibility index (Phi) is 4.27. The summed E-state index contributed by atoms with van der Waals surface area (Å²) in [6, 6.07) is 8.07. The average molecular weight is 392 g/mol. The Hall–Kier alpha value is 0.340. The molecule has 1 aliphatic heterocycles. The van der Waals surface area contributed by atoms with Gasteiger partial charge in [0.25, 0.3) is 0 Å². The molecule has 1 aromatic carbocycles. The molecule has 0 N–H and O–H groups in total. The van der Waals surface area contributed by atoms with Crippen molar-refractivity contribution in [2.45, 2.75) is 8.42 Å². The number of benzene rings is 1. The van der Waals surface area contributed by atoms with Gasteiger partial charge >= 0.3 is 0 Å². The highest BCUT2D eigenvalue weighted by atomic mass is 79.9. The first-order valence-electron chi connectivity index (χ1n) is 4.98. The SMILES string of the molecule is S=c1sc2c(s1)SC(=Nc1ccc(Br)cc1)CS2. The summed E-state index contributed by atoms with van der Waals surface area (Å²) >= 11 is 15.7. The van der Waals surface area contributed by atoms with Gasteiger partial charge in [0, 0.05) is 10.2 Å². The van der Waals surface area contributed by atoms with Crippen LogP contribution in [0.15, 0.2) is 42.1 Å². The van der Waals surface area contributed by atoms with E-state index in [0.29, 0.717) is 0 Å². The first-order valence-corrected chi connectivity index (χ1v) is 9.62. The third-order valence-electron chi connectivity index (χ3n) is 2.14. The first-order chi connectivity index (χ1) is 8.70. The fourth-order valence-electron chi connectivity index (χ4n) is 1.38. The molecule has 3 rings (SSSR count). The van der Waals surface area contributed by atoms with E-state index < -0.39 is 0 Å². The summed E-state index contributed by atoms with van der Waals surface area (Å²) < 4.78 is 4.74. The van der Waals surface area contributed by atoms with E-state index >= 15 is 0 Å². The van der Waals surface area contributed by atoms with Crippen molar-refractivity contribution in [1.29, 1.82) is 0 Å². The fourth-order valence-corrected chi connectivity index (χ4v) is 7.69. The summed E-state index contributed by atoms with van der Waals surface area (Å²) in [4.78, 5) is 4.68. The molecule has 0 saturated heterocycles. The van der Waals surface area contributed by atoms with E-state index in [1.54, 1.807) is 34.4 Å². The topological polar surface area (TPSA) is 12.4 Å². The highest BCUT2D eigenvalue weighted by molar-refractivity contribution is 9.10. The lowest BCUT2D eigenvalue weighted by Crippen LogP contribution is -1.99. The summed E-state index contributed by atoms with van der Waals surface area (Å²) in [5.74, 6) is 0.940. The second-order valence-corrected chi connectivity index (χ2v) is 10.1. The summed E-state index contributed by atoms with van der Waals surface area (Å²) in [6.45, 7) is 0. The summed E-state index contributed by atoms with van der Waals surface area (Å²) in [7, 11) is 0. The van der Waals surface area contributed by atoms with Gasteiger partial charge in [-0.05, 0) is 24.3 Å². The Bertz CT molecular complexity index is 655. The quantitative estimate of drug-likeness (QED) is 0.534. The van der Waals surface area contributed by atoms with Crippen molar-refractivity contribution in [3.8, 4) is 0 Å². The number of nitrogens with zero attached hydrogens (tertiary/aromatic N) is 1. The van der Waals surface area contributed by atoms with Crippen LogP contribution in [0.4, 0.5) is 5.69 Å². The smallest absolute Gasteiger partial charge is 0.145 e. The number of thioether (sulfide) groups is 2. The van der Waals surface area contributed by atoms with Crippen LogP contribution in [0.3, 0.4) is 0 Å². The lowest BCUT2D eigenvalue weighted by molar-refractivity contribution is 1.48. The van der Waals surface area contributed by atoms with Crippen molar-refractivity contribution in [3.63, 3.8) is 0 Å². The molecule has 0 spiro atoms. The second kappa shape index (κ2) is 5.76. The number of rotatable bonds is 1. The van der Waals surface area contributed by atoms with Crippen LogP contribution >= 0.6 is 74.3 Å². The molecule has 0 unspecified atom stereocenters. The minimum absolute atomic E-state index is 0.940. The monoisotopic (exact) mass is 391 g/mol. The van der Waals surface area contributed by atoms with Gasteiger partial charge in [-0.15, -0.1) is 34.4 Å². The highest BCUT2D eigenvalue weighted by Gasteiger charge is 2.18. The van der Waals surface area contributed by atoms with Crippen molar-refractivity contribution < 1.29 is 0 Å². The maximum atomic E-state index is 5.23. The number of fused-ring (bicyclic) bond motifs is 1. The van der Waals surface area contributed by atoms with E-state index in [9.17, 15) is 0 Å². The van der Waals surface area contributed by atoms with E-state index in [-0.39, 0.29) is 0 Å². The van der Waals surface area contributed by atoms with Gasteiger partial charge in [0.15, 0.2) is 0 Å². The molecule has 0 saturated carbocycles. The Balaban J connectivity index is 1.87. The number of hydrogen-bond donors (Lipinski definition) is 0. The highest BCUT2D eigenvalue weighted by Crippen LogP contribution is 2.46. The first kappa shape index (κ1) is 13.3. The predicted octanol–water partition coefficient (Wildman–Crippen LogP) is 6.23. The van der Waals surface area contributed by atoms with E-state index in [2.05, 4.69) is 20.9 Å². The molecule has 7 heteroatoms. The molecule has 0 bridgehead atoms. The Morgan fingerprint density at radius 1 is 1.11 bits per heavy atom. The zero-order valence-corrected chi connectivity index (χ0v) is 14.6. The van der Waals surface area contributed by atoms with Crippen molar-refractivity contribution in [3.05, 3.63) is 31.9 Å². The minimum atomic E-state index is 0.940. The molecule has 0 aliphatic carbocycles. The van der Waals surface area contributed by atoms with Crippen LogP contribution < -0.4 is 0 Å². The largest absolute Gasteiger partial charge is 0.245 e. The van der Waals surface area contributed by atoms with Crippen molar-refractivity contribution in [2.75, 3.05) is 5.75 Å². The molecule has 0 amide bonds. The summed E-state index contributed by atoms with van der Waals surface area (Å²) in [6.07, 6.45) is 0. The maximum Gasteiger partial charge on any atom is 0.145 e. The van der Waals surface area contributed by atoms with Gasteiger partial charge in [0.05, 0.1) is 19.1 Å². The molecule has 0 fully saturated rings. The van der Waals surface area contributed by atoms with Crippen LogP contribution in [0.25, 0.3) is 0 Å². The Labute approximate surface area is 135 Å². The summed E-state index contributed by atoms with van der Waals surface area (Å²) in [5, 5.41) is 1.15. The zero-order valence-electron chi connectivity index (χ0n) is 8.88. The van der Waals surface area contributed by atoms with Crippen LogP contribution in [0.1, 0.15) is 0 Å². The van der Waals surface area contributed by atoms with E-state index in [4.69, 9.17) is 12.2 Å². The third-order valence-corrected chi connectivity index (χ3v) is 8.33. The van der Waals surface area contributed by atoms with Gasteiger partial charge in [-0.3, -0.25) is 0 Å². The molecule has 1 nitrogen and oxygen atoms in total. The molecular formula is C11H6BrNS5. The molecule has 2 aromatic rings. The number of halogens is 1. The molecule has 1 aromatic heterocycles. The lowest BCUT2D eigenvalue weighted by Gasteiger charge is -2.11. The fraction of sp³-hybridized carbons (Fsp3) is 0.0909.